The minimum Gasteiger partial charge on any atom is -0.443 e. The first-order valence-corrected chi connectivity index (χ1v) is 11.6. The van der Waals surface area contributed by atoms with Crippen LogP contribution in [0.15, 0.2) is 36.6 Å². The average Bonchev–Trinajstić information content (AvgIpc) is 3.50. The smallest absolute Gasteiger partial charge is 0.418 e. The van der Waals surface area contributed by atoms with Gasteiger partial charge in [0.1, 0.15) is 5.60 Å². The lowest BCUT2D eigenvalue weighted by atomic mass is 9.80. The van der Waals surface area contributed by atoms with E-state index in [1.165, 1.54) is 17.1 Å². The standard InChI is InChI=1S/C23H27ClFN7O3/c1-22(2,3)35-21(34)32(15-8-9-15)20(33)27-13-18-17(24)11-14(12-26-18)16-7-5-6-10-23(16,25)19-28-30-31(4)29-19/h5-7,10-12,15-16H,8-9,13H2,1-4H3,(H,27,33). The number of amides is 3. The van der Waals surface area contributed by atoms with E-state index in [0.29, 0.717) is 11.3 Å². The molecule has 2 unspecified atom stereocenters. The summed E-state index contributed by atoms with van der Waals surface area (Å²) in [6.07, 6.45) is 8.63. The SMILES string of the molecule is Cn1nnc(C2(F)C=CC=CC2c2cnc(CNC(=O)N(C(=O)OC(C)(C)C)C3CC3)c(Cl)c2)n1. The van der Waals surface area contributed by atoms with E-state index in [4.69, 9.17) is 16.3 Å². The van der Waals surface area contributed by atoms with Gasteiger partial charge in [-0.1, -0.05) is 29.8 Å². The molecule has 4 rings (SSSR count). The molecule has 0 bridgehead atoms. The van der Waals surface area contributed by atoms with E-state index in [2.05, 4.69) is 25.7 Å². The monoisotopic (exact) mass is 503 g/mol. The number of urea groups is 1. The molecule has 2 aliphatic rings. The molecule has 12 heteroatoms. The topological polar surface area (TPSA) is 115 Å². The van der Waals surface area contributed by atoms with Gasteiger partial charge < -0.3 is 10.1 Å². The normalized spacial score (nSPS) is 21.6. The Morgan fingerprint density at radius 3 is 2.69 bits per heavy atom. The minimum absolute atomic E-state index is 0.0170. The summed E-state index contributed by atoms with van der Waals surface area (Å²) in [6, 6.07) is 0.830. The van der Waals surface area contributed by atoms with Crippen LogP contribution in [0.2, 0.25) is 5.02 Å². The molecule has 0 aliphatic heterocycles. The van der Waals surface area contributed by atoms with Crippen molar-refractivity contribution in [2.24, 2.45) is 7.05 Å². The number of aromatic nitrogens is 5. The van der Waals surface area contributed by atoms with Crippen molar-refractivity contribution in [2.75, 3.05) is 0 Å². The van der Waals surface area contributed by atoms with Gasteiger partial charge in [0.05, 0.1) is 24.3 Å². The van der Waals surface area contributed by atoms with Gasteiger partial charge in [-0.25, -0.2) is 18.9 Å². The first-order chi connectivity index (χ1) is 16.5. The van der Waals surface area contributed by atoms with Crippen molar-refractivity contribution in [3.8, 4) is 0 Å². The zero-order chi connectivity index (χ0) is 25.4. The highest BCUT2D eigenvalue weighted by Crippen LogP contribution is 2.43. The van der Waals surface area contributed by atoms with Gasteiger partial charge in [-0.3, -0.25) is 4.98 Å². The maximum absolute atomic E-state index is 16.0. The fraction of sp³-hybridized carbons (Fsp3) is 0.478. The predicted molar refractivity (Wildman–Crippen MR) is 125 cm³/mol. The Hall–Kier alpha value is -3.34. The van der Waals surface area contributed by atoms with Crippen LogP contribution in [0, 0.1) is 0 Å². The van der Waals surface area contributed by atoms with Crippen molar-refractivity contribution >= 4 is 23.7 Å². The van der Waals surface area contributed by atoms with Crippen LogP contribution in [0.3, 0.4) is 0 Å². The number of hydrogen-bond donors (Lipinski definition) is 1. The van der Waals surface area contributed by atoms with Crippen molar-refractivity contribution in [3.05, 3.63) is 58.7 Å². The van der Waals surface area contributed by atoms with Crippen molar-refractivity contribution < 1.29 is 18.7 Å². The second-order valence-corrected chi connectivity index (χ2v) is 9.94. The van der Waals surface area contributed by atoms with Gasteiger partial charge >= 0.3 is 12.1 Å². The first kappa shape index (κ1) is 24.8. The number of carbonyl (C=O) groups excluding carboxylic acids is 2. The van der Waals surface area contributed by atoms with E-state index in [9.17, 15) is 9.59 Å². The highest BCUT2D eigenvalue weighted by atomic mass is 35.5. The summed E-state index contributed by atoms with van der Waals surface area (Å²) in [5, 5.41) is 14.5. The third-order valence-electron chi connectivity index (χ3n) is 5.48. The molecule has 2 atom stereocenters. The van der Waals surface area contributed by atoms with Crippen LogP contribution >= 0.6 is 11.6 Å². The summed E-state index contributed by atoms with van der Waals surface area (Å²) < 4.78 is 21.4. The molecule has 10 nitrogen and oxygen atoms in total. The van der Waals surface area contributed by atoms with E-state index >= 15 is 4.39 Å². The number of pyridine rings is 1. The molecular weight excluding hydrogens is 477 g/mol. The summed E-state index contributed by atoms with van der Waals surface area (Å²) >= 11 is 6.45. The Morgan fingerprint density at radius 2 is 2.09 bits per heavy atom. The molecule has 186 valence electrons. The van der Waals surface area contributed by atoms with Gasteiger partial charge in [-0.05, 0) is 56.5 Å². The Labute approximate surface area is 207 Å². The largest absolute Gasteiger partial charge is 0.443 e. The molecule has 1 fully saturated rings. The molecule has 2 aliphatic carbocycles. The van der Waals surface area contributed by atoms with Gasteiger partial charge in [-0.2, -0.15) is 4.80 Å². The molecule has 2 aromatic rings. The van der Waals surface area contributed by atoms with E-state index in [1.807, 2.05) is 0 Å². The molecule has 2 aromatic heterocycles. The Morgan fingerprint density at radius 1 is 1.34 bits per heavy atom. The van der Waals surface area contributed by atoms with E-state index < -0.39 is 29.3 Å². The second kappa shape index (κ2) is 9.37. The molecule has 35 heavy (non-hydrogen) atoms. The zero-order valence-corrected chi connectivity index (χ0v) is 20.7. The lowest BCUT2D eigenvalue weighted by molar-refractivity contribution is 0.0308. The minimum atomic E-state index is -2.03. The van der Waals surface area contributed by atoms with Crippen LogP contribution in [0.25, 0.3) is 0 Å². The molecule has 2 heterocycles. The number of nitrogens with zero attached hydrogens (tertiary/aromatic N) is 6. The number of aryl methyl sites for hydroxylation is 1. The molecule has 0 aromatic carbocycles. The Kier molecular flexibility index (Phi) is 6.63. The van der Waals surface area contributed by atoms with Crippen LogP contribution in [-0.2, 0) is 24.0 Å². The quantitative estimate of drug-likeness (QED) is 0.657. The van der Waals surface area contributed by atoms with Crippen molar-refractivity contribution in [2.45, 2.75) is 63.4 Å². The van der Waals surface area contributed by atoms with Crippen LogP contribution in [-0.4, -0.2) is 53.9 Å². The highest BCUT2D eigenvalue weighted by molar-refractivity contribution is 6.31. The van der Waals surface area contributed by atoms with Crippen molar-refractivity contribution in [3.63, 3.8) is 0 Å². The Balaban J connectivity index is 1.47. The van der Waals surface area contributed by atoms with E-state index in [1.54, 1.807) is 52.1 Å². The van der Waals surface area contributed by atoms with Gasteiger partial charge in [0.25, 0.3) is 0 Å². The molecular formula is C23H27ClFN7O3. The predicted octanol–water partition coefficient (Wildman–Crippen LogP) is 3.94. The first-order valence-electron chi connectivity index (χ1n) is 11.2. The fourth-order valence-electron chi connectivity index (χ4n) is 3.69. The number of allylic oxidation sites excluding steroid dienone is 4. The maximum Gasteiger partial charge on any atom is 0.418 e. The van der Waals surface area contributed by atoms with Crippen LogP contribution in [0.1, 0.15) is 56.6 Å². The maximum atomic E-state index is 16.0. The third kappa shape index (κ3) is 5.50. The molecule has 1 saturated carbocycles. The lowest BCUT2D eigenvalue weighted by Crippen LogP contribution is -2.47. The van der Waals surface area contributed by atoms with E-state index in [0.717, 1.165) is 17.7 Å². The van der Waals surface area contributed by atoms with Crippen molar-refractivity contribution in [1.82, 2.24) is 35.4 Å². The number of alkyl halides is 1. The number of rotatable bonds is 5. The van der Waals surface area contributed by atoms with Gasteiger partial charge in [0.15, 0.2) is 0 Å². The molecule has 1 N–H and O–H groups in total. The number of tetrazole rings is 1. The van der Waals surface area contributed by atoms with Gasteiger partial charge in [-0.15, -0.1) is 10.2 Å². The number of halogens is 2. The summed E-state index contributed by atoms with van der Waals surface area (Å²) in [5.41, 5.74) is -1.86. The van der Waals surface area contributed by atoms with Crippen LogP contribution in [0.4, 0.5) is 14.0 Å². The summed E-state index contributed by atoms with van der Waals surface area (Å²) in [6.45, 7) is 5.20. The number of imide groups is 1. The molecule has 0 radical (unpaired) electrons. The molecule has 0 saturated heterocycles. The summed E-state index contributed by atoms with van der Waals surface area (Å²) in [5.74, 6) is -0.844. The zero-order valence-electron chi connectivity index (χ0n) is 19.9. The third-order valence-corrected chi connectivity index (χ3v) is 5.81. The van der Waals surface area contributed by atoms with E-state index in [-0.39, 0.29) is 23.4 Å². The lowest BCUT2D eigenvalue weighted by Gasteiger charge is -2.28. The number of nitrogens with one attached hydrogen (secondary N) is 1. The molecule has 3 amide bonds. The number of hydrogen-bond acceptors (Lipinski definition) is 7. The molecule has 0 spiro atoms. The van der Waals surface area contributed by atoms with Crippen molar-refractivity contribution in [1.29, 1.82) is 0 Å². The Bertz CT molecular complexity index is 1190. The number of ether oxygens (including phenoxy) is 1. The fourth-order valence-corrected chi connectivity index (χ4v) is 3.93. The summed E-state index contributed by atoms with van der Waals surface area (Å²) in [4.78, 5) is 31.9. The number of carbonyl (C=O) groups is 2. The van der Waals surface area contributed by atoms with Gasteiger partial charge in [0, 0.05) is 18.2 Å². The summed E-state index contributed by atoms with van der Waals surface area (Å²) in [7, 11) is 1.56. The van der Waals surface area contributed by atoms with Gasteiger partial charge in [0.2, 0.25) is 11.5 Å². The average molecular weight is 504 g/mol. The highest BCUT2D eigenvalue weighted by Gasteiger charge is 2.44. The van der Waals surface area contributed by atoms with Crippen LogP contribution in [0.5, 0.6) is 0 Å². The second-order valence-electron chi connectivity index (χ2n) is 9.53. The van der Waals surface area contributed by atoms with Crippen LogP contribution < -0.4 is 5.32 Å².